The first-order chi connectivity index (χ1) is 12.8. The molecule has 3 rings (SSSR count). The van der Waals surface area contributed by atoms with Crippen molar-refractivity contribution in [2.45, 2.75) is 51.0 Å². The highest BCUT2D eigenvalue weighted by Gasteiger charge is 2.30. The van der Waals surface area contributed by atoms with Crippen LogP contribution in [0.1, 0.15) is 53.6 Å². The second-order valence-corrected chi connectivity index (χ2v) is 7.42. The lowest BCUT2D eigenvalue weighted by Gasteiger charge is -2.33. The number of nitrogens with two attached hydrogens (primary N) is 1. The predicted octanol–water partition coefficient (Wildman–Crippen LogP) is 2.18. The number of benzene rings is 1. The van der Waals surface area contributed by atoms with Gasteiger partial charge in [0.05, 0.1) is 5.60 Å². The first kappa shape index (κ1) is 19.1. The van der Waals surface area contributed by atoms with Crippen molar-refractivity contribution in [2.75, 3.05) is 11.9 Å². The highest BCUT2D eigenvalue weighted by atomic mass is 16.3. The number of nitrogens with one attached hydrogen (secondary N) is 1. The lowest BCUT2D eigenvalue weighted by Crippen LogP contribution is -2.34. The summed E-state index contributed by atoms with van der Waals surface area (Å²) in [7, 11) is 1.79. The SMILES string of the molecule is Cc1c(CC2(O)CCCCC2)cc(N(C)c2ccnc(=O)[nH]2)cc1C(N)=O. The van der Waals surface area contributed by atoms with Crippen LogP contribution in [0.2, 0.25) is 0 Å². The Morgan fingerprint density at radius 2 is 2.04 bits per heavy atom. The molecule has 1 aliphatic rings. The van der Waals surface area contributed by atoms with E-state index in [2.05, 4.69) is 9.97 Å². The molecule has 1 amide bonds. The standard InChI is InChI=1S/C20H26N4O3/c1-13-14(12-20(27)7-4-3-5-8-20)10-15(11-16(13)18(21)25)24(2)17-6-9-22-19(26)23-17/h6,9-11,27H,3-5,7-8,12H2,1-2H3,(H2,21,25)(H,22,23,26). The Kier molecular flexibility index (Phi) is 5.32. The molecular weight excluding hydrogens is 344 g/mol. The summed E-state index contributed by atoms with van der Waals surface area (Å²) in [5.74, 6) is 0.0412. The van der Waals surface area contributed by atoms with E-state index in [0.717, 1.165) is 43.2 Å². The molecule has 0 bridgehead atoms. The molecule has 1 aromatic carbocycles. The van der Waals surface area contributed by atoms with Crippen LogP contribution in [0.3, 0.4) is 0 Å². The van der Waals surface area contributed by atoms with Gasteiger partial charge in [0.2, 0.25) is 5.91 Å². The molecule has 1 aliphatic carbocycles. The molecule has 0 radical (unpaired) electrons. The monoisotopic (exact) mass is 370 g/mol. The van der Waals surface area contributed by atoms with Gasteiger partial charge in [-0.25, -0.2) is 9.78 Å². The number of aromatic amines is 1. The van der Waals surface area contributed by atoms with Crippen LogP contribution in [0.25, 0.3) is 0 Å². The largest absolute Gasteiger partial charge is 0.390 e. The minimum Gasteiger partial charge on any atom is -0.390 e. The van der Waals surface area contributed by atoms with Crippen LogP contribution in [0.15, 0.2) is 29.2 Å². The molecule has 144 valence electrons. The number of aromatic nitrogens is 2. The molecular formula is C20H26N4O3. The van der Waals surface area contributed by atoms with Crippen LogP contribution < -0.4 is 16.3 Å². The Balaban J connectivity index is 2.03. The summed E-state index contributed by atoms with van der Waals surface area (Å²) in [6, 6.07) is 5.34. The molecule has 0 saturated heterocycles. The van der Waals surface area contributed by atoms with E-state index in [1.165, 1.54) is 6.20 Å². The van der Waals surface area contributed by atoms with Gasteiger partial charge in [-0.05, 0) is 49.1 Å². The van der Waals surface area contributed by atoms with Gasteiger partial charge in [0.15, 0.2) is 0 Å². The van der Waals surface area contributed by atoms with E-state index in [0.29, 0.717) is 23.5 Å². The second-order valence-electron chi connectivity index (χ2n) is 7.42. The van der Waals surface area contributed by atoms with Crippen molar-refractivity contribution in [1.82, 2.24) is 9.97 Å². The predicted molar refractivity (Wildman–Crippen MR) is 104 cm³/mol. The van der Waals surface area contributed by atoms with Crippen LogP contribution in [-0.4, -0.2) is 33.6 Å². The van der Waals surface area contributed by atoms with Gasteiger partial charge in [-0.3, -0.25) is 9.78 Å². The molecule has 7 heteroatoms. The number of primary amides is 1. The van der Waals surface area contributed by atoms with Crippen molar-refractivity contribution in [3.8, 4) is 0 Å². The maximum absolute atomic E-state index is 12.0. The van der Waals surface area contributed by atoms with E-state index in [-0.39, 0.29) is 0 Å². The zero-order valence-electron chi connectivity index (χ0n) is 15.8. The third kappa shape index (κ3) is 4.19. The molecule has 4 N–H and O–H groups in total. The topological polar surface area (TPSA) is 112 Å². The number of carbonyl (C=O) groups excluding carboxylic acids is 1. The number of hydrogen-bond donors (Lipinski definition) is 3. The number of aliphatic hydroxyl groups is 1. The second kappa shape index (κ2) is 7.52. The summed E-state index contributed by atoms with van der Waals surface area (Å²) < 4.78 is 0. The summed E-state index contributed by atoms with van der Waals surface area (Å²) in [6.45, 7) is 1.86. The molecule has 1 fully saturated rings. The highest BCUT2D eigenvalue weighted by Crippen LogP contribution is 2.34. The van der Waals surface area contributed by atoms with Crippen molar-refractivity contribution < 1.29 is 9.90 Å². The van der Waals surface area contributed by atoms with E-state index >= 15 is 0 Å². The zero-order chi connectivity index (χ0) is 19.6. The van der Waals surface area contributed by atoms with Gasteiger partial charge < -0.3 is 15.7 Å². The molecule has 0 unspecified atom stereocenters. The van der Waals surface area contributed by atoms with Crippen molar-refractivity contribution in [3.63, 3.8) is 0 Å². The lowest BCUT2D eigenvalue weighted by molar-refractivity contribution is 0.00434. The average Bonchev–Trinajstić information content (AvgIpc) is 2.63. The minimum absolute atomic E-state index is 0.421. The fraction of sp³-hybridized carbons (Fsp3) is 0.450. The lowest BCUT2D eigenvalue weighted by atomic mass is 9.79. The summed E-state index contributed by atoms with van der Waals surface area (Å²) in [6.07, 6.45) is 6.59. The number of H-pyrrole nitrogens is 1. The van der Waals surface area contributed by atoms with Gasteiger partial charge in [-0.15, -0.1) is 0 Å². The number of carbonyl (C=O) groups is 1. The summed E-state index contributed by atoms with van der Waals surface area (Å²) in [5.41, 5.74) is 7.22. The molecule has 1 heterocycles. The van der Waals surface area contributed by atoms with Crippen molar-refractivity contribution in [1.29, 1.82) is 0 Å². The maximum atomic E-state index is 12.0. The molecule has 1 saturated carbocycles. The van der Waals surface area contributed by atoms with Gasteiger partial charge in [-0.2, -0.15) is 0 Å². The molecule has 2 aromatic rings. The van der Waals surface area contributed by atoms with Gasteiger partial charge in [0.25, 0.3) is 0 Å². The van der Waals surface area contributed by atoms with E-state index in [1.54, 1.807) is 24.1 Å². The third-order valence-corrected chi connectivity index (χ3v) is 5.48. The highest BCUT2D eigenvalue weighted by molar-refractivity contribution is 5.96. The fourth-order valence-corrected chi connectivity index (χ4v) is 3.83. The van der Waals surface area contributed by atoms with E-state index in [1.807, 2.05) is 13.0 Å². The Morgan fingerprint density at radius 3 is 2.67 bits per heavy atom. The quantitative estimate of drug-likeness (QED) is 0.747. The zero-order valence-corrected chi connectivity index (χ0v) is 15.8. The molecule has 7 nitrogen and oxygen atoms in total. The molecule has 0 aliphatic heterocycles. The Labute approximate surface area is 158 Å². The summed E-state index contributed by atoms with van der Waals surface area (Å²) in [4.78, 5) is 31.6. The van der Waals surface area contributed by atoms with Crippen LogP contribution in [0.5, 0.6) is 0 Å². The first-order valence-electron chi connectivity index (χ1n) is 9.24. The Bertz CT molecular complexity index is 900. The van der Waals surface area contributed by atoms with Crippen LogP contribution >= 0.6 is 0 Å². The summed E-state index contributed by atoms with van der Waals surface area (Å²) >= 11 is 0. The number of rotatable bonds is 5. The van der Waals surface area contributed by atoms with Crippen LogP contribution in [0, 0.1) is 6.92 Å². The number of anilines is 2. The number of nitrogens with zero attached hydrogens (tertiary/aromatic N) is 2. The van der Waals surface area contributed by atoms with Crippen molar-refractivity contribution in [2.24, 2.45) is 5.73 Å². The fourth-order valence-electron chi connectivity index (χ4n) is 3.83. The van der Waals surface area contributed by atoms with E-state index in [9.17, 15) is 14.7 Å². The van der Waals surface area contributed by atoms with Gasteiger partial charge in [-0.1, -0.05) is 19.3 Å². The van der Waals surface area contributed by atoms with E-state index < -0.39 is 17.2 Å². The maximum Gasteiger partial charge on any atom is 0.346 e. The number of amides is 1. The average molecular weight is 370 g/mol. The Hall–Kier alpha value is -2.67. The third-order valence-electron chi connectivity index (χ3n) is 5.48. The summed E-state index contributed by atoms with van der Waals surface area (Å²) in [5, 5.41) is 11.0. The van der Waals surface area contributed by atoms with Crippen molar-refractivity contribution in [3.05, 3.63) is 51.6 Å². The van der Waals surface area contributed by atoms with Gasteiger partial charge >= 0.3 is 5.69 Å². The normalized spacial score (nSPS) is 16.1. The molecule has 27 heavy (non-hydrogen) atoms. The smallest absolute Gasteiger partial charge is 0.346 e. The van der Waals surface area contributed by atoms with Gasteiger partial charge in [0, 0.05) is 30.9 Å². The minimum atomic E-state index is -0.750. The van der Waals surface area contributed by atoms with Gasteiger partial charge in [0.1, 0.15) is 5.82 Å². The Morgan fingerprint density at radius 1 is 1.33 bits per heavy atom. The van der Waals surface area contributed by atoms with E-state index in [4.69, 9.17) is 5.73 Å². The number of hydrogen-bond acceptors (Lipinski definition) is 5. The molecule has 0 spiro atoms. The molecule has 1 aromatic heterocycles. The van der Waals surface area contributed by atoms with Crippen LogP contribution in [0.4, 0.5) is 11.5 Å². The van der Waals surface area contributed by atoms with Crippen LogP contribution in [-0.2, 0) is 6.42 Å². The first-order valence-corrected chi connectivity index (χ1v) is 9.24. The van der Waals surface area contributed by atoms with Crippen molar-refractivity contribution >= 4 is 17.4 Å². The molecule has 0 atom stereocenters.